The number of benzene rings is 1. The minimum Gasteiger partial charge on any atom is -0.497 e. The Labute approximate surface area is 152 Å². The quantitative estimate of drug-likeness (QED) is 0.606. The number of thiazole rings is 1. The van der Waals surface area contributed by atoms with E-state index in [9.17, 15) is 14.7 Å². The largest absolute Gasteiger partial charge is 0.497 e. The molecule has 1 saturated heterocycles. The van der Waals surface area contributed by atoms with Crippen molar-refractivity contribution in [2.75, 3.05) is 7.11 Å². The Morgan fingerprint density at radius 3 is 2.81 bits per heavy atom. The van der Waals surface area contributed by atoms with Crippen molar-refractivity contribution in [1.82, 2.24) is 20.2 Å². The Morgan fingerprint density at radius 2 is 2.19 bits per heavy atom. The number of fused-ring (bicyclic) bond motifs is 1. The zero-order valence-corrected chi connectivity index (χ0v) is 14.9. The van der Waals surface area contributed by atoms with E-state index in [0.717, 1.165) is 10.4 Å². The topological polar surface area (TPSA) is 105 Å². The fourth-order valence-corrected chi connectivity index (χ4v) is 3.84. The molecule has 0 unspecified atom stereocenters. The number of nitrogens with zero attached hydrogens (tertiary/aromatic N) is 2. The zero-order chi connectivity index (χ0) is 18.5. The number of aromatic hydroxyl groups is 1. The zero-order valence-electron chi connectivity index (χ0n) is 14.1. The minimum atomic E-state index is -1.38. The average molecular weight is 372 g/mol. The highest BCUT2D eigenvalue weighted by Gasteiger charge is 2.50. The molecule has 26 heavy (non-hydrogen) atoms. The van der Waals surface area contributed by atoms with Gasteiger partial charge in [-0.15, -0.1) is 11.3 Å². The van der Waals surface area contributed by atoms with Crippen molar-refractivity contribution < 1.29 is 19.4 Å². The number of carbonyl (C=O) groups excluding carboxylic acids is 2. The third kappa shape index (κ3) is 2.39. The molecule has 0 bridgehead atoms. The lowest BCUT2D eigenvalue weighted by Crippen LogP contribution is -2.47. The fourth-order valence-electron chi connectivity index (χ4n) is 3.15. The summed E-state index contributed by atoms with van der Waals surface area (Å²) in [4.78, 5) is 28.8. The first-order valence-corrected chi connectivity index (χ1v) is 8.73. The maximum absolute atomic E-state index is 12.6. The lowest BCUT2D eigenvalue weighted by Gasteiger charge is -2.25. The number of hydrogen-bond donors (Lipinski definition) is 3. The van der Waals surface area contributed by atoms with E-state index in [1.54, 1.807) is 30.8 Å². The maximum Gasteiger partial charge on any atom is 0.322 e. The molecule has 9 heteroatoms. The van der Waals surface area contributed by atoms with Crippen molar-refractivity contribution in [3.05, 3.63) is 40.5 Å². The molecule has 134 valence electrons. The first-order valence-electron chi connectivity index (χ1n) is 7.85. The summed E-state index contributed by atoms with van der Waals surface area (Å²) < 4.78 is 6.72. The van der Waals surface area contributed by atoms with E-state index in [4.69, 9.17) is 4.74 Å². The number of imide groups is 1. The molecule has 1 aliphatic heterocycles. The van der Waals surface area contributed by atoms with Gasteiger partial charge in [0.2, 0.25) is 0 Å². The van der Waals surface area contributed by atoms with Crippen molar-refractivity contribution in [1.29, 1.82) is 0 Å². The Morgan fingerprint density at radius 1 is 1.38 bits per heavy atom. The molecule has 0 aliphatic carbocycles. The Balaban J connectivity index is 1.82. The van der Waals surface area contributed by atoms with E-state index in [1.165, 1.54) is 15.9 Å². The smallest absolute Gasteiger partial charge is 0.322 e. The van der Waals surface area contributed by atoms with Crippen LogP contribution in [0.25, 0.3) is 10.8 Å². The Bertz CT molecular complexity index is 1040. The van der Waals surface area contributed by atoms with Crippen LogP contribution in [0.2, 0.25) is 0 Å². The van der Waals surface area contributed by atoms with Crippen molar-refractivity contribution >= 4 is 34.0 Å². The van der Waals surface area contributed by atoms with Crippen molar-refractivity contribution in [3.63, 3.8) is 0 Å². The summed E-state index contributed by atoms with van der Waals surface area (Å²) >= 11 is 1.39. The third-order valence-electron chi connectivity index (χ3n) is 4.47. The summed E-state index contributed by atoms with van der Waals surface area (Å²) in [6, 6.07) is 4.74. The average Bonchev–Trinajstić information content (AvgIpc) is 3.26. The molecule has 1 aromatic carbocycles. The number of nitrogens with one attached hydrogen (secondary N) is 2. The number of aryl methyl sites for hydroxylation is 1. The van der Waals surface area contributed by atoms with Crippen LogP contribution in [0, 0.1) is 6.92 Å². The van der Waals surface area contributed by atoms with Crippen LogP contribution in [-0.4, -0.2) is 33.7 Å². The number of methoxy groups -OCH3 is 1. The Kier molecular flexibility index (Phi) is 3.62. The molecule has 3 aromatic rings. The molecular weight excluding hydrogens is 356 g/mol. The number of urea groups is 1. The second-order valence-electron chi connectivity index (χ2n) is 6.10. The Hall–Kier alpha value is -3.07. The van der Waals surface area contributed by atoms with Crippen molar-refractivity contribution in [2.45, 2.75) is 19.0 Å². The molecular formula is C17H16N4O4S. The molecule has 3 heterocycles. The van der Waals surface area contributed by atoms with Gasteiger partial charge in [-0.2, -0.15) is 0 Å². The number of amides is 3. The first kappa shape index (κ1) is 16.4. The van der Waals surface area contributed by atoms with Crippen LogP contribution < -0.4 is 15.4 Å². The van der Waals surface area contributed by atoms with Gasteiger partial charge < -0.3 is 19.7 Å². The third-order valence-corrected chi connectivity index (χ3v) is 5.25. The second-order valence-corrected chi connectivity index (χ2v) is 7.16. The molecule has 4 rings (SSSR count). The van der Waals surface area contributed by atoms with Gasteiger partial charge in [0.1, 0.15) is 5.75 Å². The van der Waals surface area contributed by atoms with Gasteiger partial charge in [-0.25, -0.2) is 9.78 Å². The molecule has 8 nitrogen and oxygen atoms in total. The van der Waals surface area contributed by atoms with Gasteiger partial charge in [0.15, 0.2) is 11.4 Å². The van der Waals surface area contributed by atoms with Crippen LogP contribution in [0.4, 0.5) is 4.79 Å². The van der Waals surface area contributed by atoms with E-state index >= 15 is 0 Å². The van der Waals surface area contributed by atoms with Crippen LogP contribution in [-0.2, 0) is 16.9 Å². The normalized spacial score (nSPS) is 19.6. The van der Waals surface area contributed by atoms with Gasteiger partial charge in [0.05, 0.1) is 24.4 Å². The SMILES string of the molecule is COc1ccc2cn(C[C@@]3(c4csc(C)n4)NC(=O)NC3=O)c(O)c2c1. The van der Waals surface area contributed by atoms with Crippen LogP contribution in [0.15, 0.2) is 29.8 Å². The number of ether oxygens (including phenoxy) is 1. The summed E-state index contributed by atoms with van der Waals surface area (Å²) in [5.41, 5.74) is -0.934. The molecule has 1 aliphatic rings. The maximum atomic E-state index is 12.6. The molecule has 0 spiro atoms. The van der Waals surface area contributed by atoms with Gasteiger partial charge in [-0.05, 0) is 25.1 Å². The van der Waals surface area contributed by atoms with Crippen LogP contribution in [0.1, 0.15) is 10.7 Å². The van der Waals surface area contributed by atoms with Crippen LogP contribution in [0.5, 0.6) is 11.6 Å². The number of carbonyl (C=O) groups is 2. The highest BCUT2D eigenvalue weighted by molar-refractivity contribution is 7.09. The lowest BCUT2D eigenvalue weighted by atomic mass is 9.96. The summed E-state index contributed by atoms with van der Waals surface area (Å²) in [5, 5.41) is 19.5. The van der Waals surface area contributed by atoms with Crippen molar-refractivity contribution in [3.8, 4) is 11.6 Å². The van der Waals surface area contributed by atoms with Gasteiger partial charge in [0, 0.05) is 22.3 Å². The van der Waals surface area contributed by atoms with Crippen molar-refractivity contribution in [2.24, 2.45) is 0 Å². The molecule has 1 atom stereocenters. The van der Waals surface area contributed by atoms with Gasteiger partial charge in [-0.3, -0.25) is 10.1 Å². The first-order chi connectivity index (χ1) is 12.4. The van der Waals surface area contributed by atoms with Gasteiger partial charge in [-0.1, -0.05) is 0 Å². The number of rotatable bonds is 4. The fraction of sp³-hybridized carbons (Fsp3) is 0.235. The lowest BCUT2D eigenvalue weighted by molar-refractivity contribution is -0.125. The molecule has 3 N–H and O–H groups in total. The van der Waals surface area contributed by atoms with E-state index < -0.39 is 17.5 Å². The van der Waals surface area contributed by atoms with E-state index in [1.807, 2.05) is 13.0 Å². The highest BCUT2D eigenvalue weighted by Crippen LogP contribution is 2.35. The minimum absolute atomic E-state index is 0.0105. The van der Waals surface area contributed by atoms with E-state index in [0.29, 0.717) is 16.8 Å². The van der Waals surface area contributed by atoms with Gasteiger partial charge in [0.25, 0.3) is 5.91 Å². The highest BCUT2D eigenvalue weighted by atomic mass is 32.1. The van der Waals surface area contributed by atoms with Crippen LogP contribution >= 0.6 is 11.3 Å². The molecule has 3 amide bonds. The molecule has 0 radical (unpaired) electrons. The molecule has 1 fully saturated rings. The van der Waals surface area contributed by atoms with E-state index in [-0.39, 0.29) is 12.4 Å². The number of aromatic nitrogens is 2. The second kappa shape index (κ2) is 5.73. The number of hydrogen-bond acceptors (Lipinski definition) is 6. The summed E-state index contributed by atoms with van der Waals surface area (Å²) in [6.45, 7) is 1.83. The van der Waals surface area contributed by atoms with Gasteiger partial charge >= 0.3 is 6.03 Å². The van der Waals surface area contributed by atoms with Crippen LogP contribution in [0.3, 0.4) is 0 Å². The molecule has 0 saturated carbocycles. The summed E-state index contributed by atoms with van der Waals surface area (Å²) in [7, 11) is 1.55. The summed E-state index contributed by atoms with van der Waals surface area (Å²) in [6.07, 6.45) is 1.73. The summed E-state index contributed by atoms with van der Waals surface area (Å²) in [5.74, 6) is 0.101. The standard InChI is InChI=1S/C17H16N4O4S/c1-9-18-13(7-26-9)17(15(23)19-16(24)20-17)8-21-6-10-3-4-11(25-2)5-12(10)14(21)22/h3-7,22H,8H2,1-2H3,(H2,19,20,23,24)/t17-/m0/s1. The molecule has 2 aromatic heterocycles. The predicted octanol–water partition coefficient (Wildman–Crippen LogP) is 1.86. The predicted molar refractivity (Wildman–Crippen MR) is 95.4 cm³/mol. The monoisotopic (exact) mass is 372 g/mol. The van der Waals surface area contributed by atoms with E-state index in [2.05, 4.69) is 15.6 Å².